The summed E-state index contributed by atoms with van der Waals surface area (Å²) in [6.07, 6.45) is -0.200. The molecule has 10 nitrogen and oxygen atoms in total. The van der Waals surface area contributed by atoms with Crippen molar-refractivity contribution in [1.82, 2.24) is 4.90 Å². The molecule has 33 heavy (non-hydrogen) atoms. The standard InChI is InChI=1S/C22H24N2O8.ClH/c1-21(31)8-5-4-6-11(25)12(8)16(26)13-9(21)7-10-15(24(2)3)17(27)14(20(23)30)19(29)22(10,32)18(13)28;/h4-6,9-10,15,25-26,29,31-32H,7H2,1-3H3,(H2,23,30);1H/t9-,10-,15?,21+,22-;/m0./s1. The highest BCUT2D eigenvalue weighted by molar-refractivity contribution is 6.24. The third kappa shape index (κ3) is 2.95. The molecule has 11 heteroatoms. The Morgan fingerprint density at radius 2 is 1.76 bits per heavy atom. The van der Waals surface area contributed by atoms with Crippen LogP contribution in [0.5, 0.6) is 5.75 Å². The smallest absolute Gasteiger partial charge is 0.255 e. The van der Waals surface area contributed by atoms with Gasteiger partial charge in [-0.2, -0.15) is 0 Å². The summed E-state index contributed by atoms with van der Waals surface area (Å²) in [5.74, 6) is -7.90. The number of aliphatic hydroxyl groups excluding tert-OH is 2. The molecule has 3 aliphatic carbocycles. The number of likely N-dealkylation sites (N-methyl/N-ethyl adjacent to an activating group) is 1. The van der Waals surface area contributed by atoms with Crippen molar-refractivity contribution in [2.75, 3.05) is 14.1 Å². The summed E-state index contributed by atoms with van der Waals surface area (Å²) < 4.78 is 0. The predicted octanol–water partition coefficient (Wildman–Crippen LogP) is 0.0508. The maximum Gasteiger partial charge on any atom is 0.255 e. The van der Waals surface area contributed by atoms with E-state index in [0.717, 1.165) is 0 Å². The molecule has 178 valence electrons. The van der Waals surface area contributed by atoms with E-state index >= 15 is 0 Å². The van der Waals surface area contributed by atoms with Crippen molar-refractivity contribution in [2.45, 2.75) is 30.6 Å². The molecule has 0 spiro atoms. The lowest BCUT2D eigenvalue weighted by Crippen LogP contribution is -2.67. The molecule has 0 saturated heterocycles. The topological polar surface area (TPSA) is 182 Å². The highest BCUT2D eigenvalue weighted by Crippen LogP contribution is 2.57. The van der Waals surface area contributed by atoms with E-state index in [0.29, 0.717) is 0 Å². The number of primary amides is 1. The number of carbonyl (C=O) groups is 3. The Labute approximate surface area is 195 Å². The molecule has 0 aromatic heterocycles. The molecule has 0 aliphatic heterocycles. The van der Waals surface area contributed by atoms with Gasteiger partial charge in [0.2, 0.25) is 5.78 Å². The maximum atomic E-state index is 13.7. The van der Waals surface area contributed by atoms with Crippen molar-refractivity contribution in [3.8, 4) is 5.75 Å². The highest BCUT2D eigenvalue weighted by Gasteiger charge is 2.66. The molecule has 7 N–H and O–H groups in total. The van der Waals surface area contributed by atoms with Crippen molar-refractivity contribution in [2.24, 2.45) is 17.6 Å². The van der Waals surface area contributed by atoms with Crippen LogP contribution in [0, 0.1) is 11.8 Å². The van der Waals surface area contributed by atoms with Crippen molar-refractivity contribution < 1.29 is 39.9 Å². The Bertz CT molecular complexity index is 1160. The summed E-state index contributed by atoms with van der Waals surface area (Å²) in [6.45, 7) is 1.40. The molecule has 0 radical (unpaired) electrons. The molecule has 5 atom stereocenters. The number of phenolic OH excluding ortho intramolecular Hbond substituents is 1. The summed E-state index contributed by atoms with van der Waals surface area (Å²) in [4.78, 5) is 40.0. The SMILES string of the molecule is CN(C)C1C(=O)C(C(N)=O)=C(O)[C@@]2(O)C(=O)C3=C(O)c4c(O)cccc4[C@@](C)(O)[C@H]3C[C@@H]12.Cl. The summed E-state index contributed by atoms with van der Waals surface area (Å²) in [6, 6.07) is 3.02. The summed E-state index contributed by atoms with van der Waals surface area (Å²) in [7, 11) is 3.01. The number of ketones is 2. The number of carbonyl (C=O) groups excluding carboxylic acids is 3. The second kappa shape index (κ2) is 7.56. The van der Waals surface area contributed by atoms with Gasteiger partial charge in [-0.3, -0.25) is 19.3 Å². The van der Waals surface area contributed by atoms with E-state index in [1.54, 1.807) is 0 Å². The molecule has 1 aromatic rings. The minimum Gasteiger partial charge on any atom is -0.508 e. The van der Waals surface area contributed by atoms with E-state index in [2.05, 4.69) is 0 Å². The van der Waals surface area contributed by atoms with Crippen LogP contribution in [0.1, 0.15) is 24.5 Å². The Hall–Kier alpha value is -2.92. The molecule has 1 amide bonds. The number of aromatic hydroxyl groups is 1. The highest BCUT2D eigenvalue weighted by atomic mass is 35.5. The van der Waals surface area contributed by atoms with Crippen LogP contribution in [-0.2, 0) is 20.0 Å². The molecule has 1 saturated carbocycles. The van der Waals surface area contributed by atoms with Crippen LogP contribution in [0.15, 0.2) is 35.1 Å². The number of phenols is 1. The first-order chi connectivity index (χ1) is 14.8. The van der Waals surface area contributed by atoms with E-state index in [-0.39, 0.29) is 30.0 Å². The summed E-state index contributed by atoms with van der Waals surface area (Å²) in [5.41, 5.74) is -0.548. The average Bonchev–Trinajstić information content (AvgIpc) is 2.68. The van der Waals surface area contributed by atoms with Gasteiger partial charge in [0, 0.05) is 17.4 Å². The molecule has 4 rings (SSSR count). The van der Waals surface area contributed by atoms with E-state index in [4.69, 9.17) is 5.73 Å². The van der Waals surface area contributed by atoms with Gasteiger partial charge in [0.1, 0.15) is 22.8 Å². The number of halogens is 1. The zero-order valence-electron chi connectivity index (χ0n) is 18.1. The quantitative estimate of drug-likeness (QED) is 0.318. The van der Waals surface area contributed by atoms with Crippen molar-refractivity contribution in [3.05, 3.63) is 46.2 Å². The van der Waals surface area contributed by atoms with Gasteiger partial charge in [-0.1, -0.05) is 12.1 Å². The van der Waals surface area contributed by atoms with Crippen LogP contribution in [0.2, 0.25) is 0 Å². The predicted molar refractivity (Wildman–Crippen MR) is 117 cm³/mol. The van der Waals surface area contributed by atoms with Gasteiger partial charge in [0.15, 0.2) is 11.4 Å². The number of benzene rings is 1. The number of rotatable bonds is 2. The van der Waals surface area contributed by atoms with Crippen LogP contribution in [0.3, 0.4) is 0 Å². The van der Waals surface area contributed by atoms with E-state index < -0.39 is 75.0 Å². The van der Waals surface area contributed by atoms with Gasteiger partial charge in [-0.25, -0.2) is 0 Å². The summed E-state index contributed by atoms with van der Waals surface area (Å²) >= 11 is 0. The van der Waals surface area contributed by atoms with Crippen molar-refractivity contribution >= 4 is 35.6 Å². The minimum absolute atomic E-state index is 0. The molecule has 0 bridgehead atoms. The monoisotopic (exact) mass is 480 g/mol. The zero-order chi connectivity index (χ0) is 23.9. The van der Waals surface area contributed by atoms with Crippen LogP contribution in [-0.4, -0.2) is 73.6 Å². The lowest BCUT2D eigenvalue weighted by Gasteiger charge is -2.53. The fourth-order valence-corrected chi connectivity index (χ4v) is 5.50. The number of hydrogen-bond acceptors (Lipinski definition) is 9. The van der Waals surface area contributed by atoms with Crippen LogP contribution in [0.25, 0.3) is 5.76 Å². The molecule has 1 aromatic carbocycles. The lowest BCUT2D eigenvalue weighted by molar-refractivity contribution is -0.159. The maximum absolute atomic E-state index is 13.7. The molecule has 1 unspecified atom stereocenters. The van der Waals surface area contributed by atoms with E-state index in [9.17, 15) is 39.9 Å². The van der Waals surface area contributed by atoms with Crippen molar-refractivity contribution in [3.63, 3.8) is 0 Å². The van der Waals surface area contributed by atoms with Gasteiger partial charge in [0.25, 0.3) is 5.91 Å². The van der Waals surface area contributed by atoms with E-state index in [1.807, 2.05) is 0 Å². The Morgan fingerprint density at radius 3 is 2.30 bits per heavy atom. The minimum atomic E-state index is -2.75. The molecular formula is C22H25ClN2O8. The van der Waals surface area contributed by atoms with Crippen molar-refractivity contribution in [1.29, 1.82) is 0 Å². The zero-order valence-corrected chi connectivity index (χ0v) is 18.9. The normalized spacial score (nSPS) is 33.3. The van der Waals surface area contributed by atoms with Gasteiger partial charge in [-0.15, -0.1) is 12.4 Å². The van der Waals surface area contributed by atoms with Crippen LogP contribution in [0.4, 0.5) is 0 Å². The number of aliphatic hydroxyl groups is 4. The van der Waals surface area contributed by atoms with Gasteiger partial charge in [-0.05, 0) is 39.1 Å². The second-order valence-electron chi connectivity index (χ2n) is 8.96. The average molecular weight is 481 g/mol. The number of fused-ring (bicyclic) bond motifs is 3. The number of Topliss-reactive ketones (excluding diaryl/α,β-unsaturated/α-hetero) is 2. The lowest BCUT2D eigenvalue weighted by atomic mass is 9.54. The third-order valence-corrected chi connectivity index (χ3v) is 7.02. The molecule has 0 heterocycles. The molecular weight excluding hydrogens is 456 g/mol. The number of hydrogen-bond donors (Lipinski definition) is 6. The van der Waals surface area contributed by atoms with Crippen LogP contribution < -0.4 is 5.73 Å². The molecule has 1 fully saturated rings. The Morgan fingerprint density at radius 1 is 1.15 bits per heavy atom. The van der Waals surface area contributed by atoms with Crippen LogP contribution >= 0.6 is 12.4 Å². The first kappa shape index (κ1) is 24.7. The van der Waals surface area contributed by atoms with Gasteiger partial charge < -0.3 is 31.3 Å². The Balaban J connectivity index is 0.00000306. The fraction of sp³-hybridized carbons (Fsp3) is 0.409. The first-order valence-corrected chi connectivity index (χ1v) is 9.97. The fourth-order valence-electron chi connectivity index (χ4n) is 5.50. The molecule has 3 aliphatic rings. The van der Waals surface area contributed by atoms with E-state index in [1.165, 1.54) is 44.1 Å². The number of nitrogens with two attached hydrogens (primary N) is 1. The third-order valence-electron chi connectivity index (χ3n) is 7.02. The van der Waals surface area contributed by atoms with Gasteiger partial charge in [0.05, 0.1) is 17.2 Å². The number of nitrogens with zero attached hydrogens (tertiary/aromatic N) is 1. The Kier molecular flexibility index (Phi) is 5.66. The second-order valence-corrected chi connectivity index (χ2v) is 8.96. The number of amides is 1. The summed E-state index contributed by atoms with van der Waals surface area (Å²) in [5, 5.41) is 54.9. The largest absolute Gasteiger partial charge is 0.508 e. The first-order valence-electron chi connectivity index (χ1n) is 9.97. The van der Waals surface area contributed by atoms with Gasteiger partial charge >= 0.3 is 0 Å².